The van der Waals surface area contributed by atoms with E-state index in [0.717, 1.165) is 12.2 Å². The van der Waals surface area contributed by atoms with Gasteiger partial charge in [0.2, 0.25) is 0 Å². The van der Waals surface area contributed by atoms with Gasteiger partial charge in [0.1, 0.15) is 0 Å². The summed E-state index contributed by atoms with van der Waals surface area (Å²) in [5.41, 5.74) is 3.06. The Labute approximate surface area is 108 Å². The largest absolute Gasteiger partial charge is 0.314 e. The standard InChI is InChI=1S/C13H23N3S/c1-11(15-8-13-9-17-10-16-13)7-12-5-3-2-4-6-14-12/h9-12,14-15H,2-8H2,1H3. The first-order chi connectivity index (χ1) is 8.34. The monoisotopic (exact) mass is 253 g/mol. The highest BCUT2D eigenvalue weighted by molar-refractivity contribution is 7.07. The molecule has 2 unspecified atom stereocenters. The Kier molecular flexibility index (Phi) is 5.42. The third-order valence-corrected chi connectivity index (χ3v) is 4.05. The topological polar surface area (TPSA) is 37.0 Å². The van der Waals surface area contributed by atoms with Crippen molar-refractivity contribution in [2.45, 2.75) is 57.7 Å². The zero-order valence-corrected chi connectivity index (χ0v) is 11.4. The SMILES string of the molecule is CC(CC1CCCCCN1)NCc1cscn1. The zero-order chi connectivity index (χ0) is 11.9. The van der Waals surface area contributed by atoms with Crippen LogP contribution in [0.5, 0.6) is 0 Å². The van der Waals surface area contributed by atoms with Crippen LogP contribution in [0.1, 0.15) is 44.7 Å². The number of hydrogen-bond donors (Lipinski definition) is 2. The van der Waals surface area contributed by atoms with E-state index in [2.05, 4.69) is 27.9 Å². The van der Waals surface area contributed by atoms with Crippen molar-refractivity contribution in [1.29, 1.82) is 0 Å². The Morgan fingerprint density at radius 3 is 3.29 bits per heavy atom. The van der Waals surface area contributed by atoms with Crippen LogP contribution in [0.3, 0.4) is 0 Å². The average molecular weight is 253 g/mol. The lowest BCUT2D eigenvalue weighted by Gasteiger charge is -2.21. The van der Waals surface area contributed by atoms with Crippen LogP contribution in [0, 0.1) is 0 Å². The van der Waals surface area contributed by atoms with Gasteiger partial charge in [-0.25, -0.2) is 4.98 Å². The van der Waals surface area contributed by atoms with E-state index in [4.69, 9.17) is 0 Å². The van der Waals surface area contributed by atoms with Crippen LogP contribution in [-0.4, -0.2) is 23.6 Å². The van der Waals surface area contributed by atoms with Crippen LogP contribution in [0.4, 0.5) is 0 Å². The molecule has 2 heterocycles. The number of nitrogens with zero attached hydrogens (tertiary/aromatic N) is 1. The summed E-state index contributed by atoms with van der Waals surface area (Å²) in [6.07, 6.45) is 6.69. The molecule has 0 bridgehead atoms. The van der Waals surface area contributed by atoms with Crippen molar-refractivity contribution in [3.8, 4) is 0 Å². The van der Waals surface area contributed by atoms with Gasteiger partial charge in [-0.3, -0.25) is 0 Å². The molecule has 1 aliphatic heterocycles. The van der Waals surface area contributed by atoms with E-state index in [-0.39, 0.29) is 0 Å². The molecule has 17 heavy (non-hydrogen) atoms. The molecule has 1 saturated heterocycles. The Morgan fingerprint density at radius 1 is 1.53 bits per heavy atom. The molecule has 1 aromatic heterocycles. The van der Waals surface area contributed by atoms with Gasteiger partial charge in [0.05, 0.1) is 11.2 Å². The molecule has 2 atom stereocenters. The molecule has 96 valence electrons. The van der Waals surface area contributed by atoms with E-state index in [0.29, 0.717) is 12.1 Å². The van der Waals surface area contributed by atoms with Crippen LogP contribution in [0.25, 0.3) is 0 Å². The molecule has 0 aromatic carbocycles. The first-order valence-corrected chi connectivity index (χ1v) is 7.62. The molecule has 1 fully saturated rings. The van der Waals surface area contributed by atoms with Crippen LogP contribution < -0.4 is 10.6 Å². The smallest absolute Gasteiger partial charge is 0.0795 e. The Hall–Kier alpha value is -0.450. The van der Waals surface area contributed by atoms with E-state index < -0.39 is 0 Å². The highest BCUT2D eigenvalue weighted by atomic mass is 32.1. The Bertz CT molecular complexity index is 292. The molecule has 3 nitrogen and oxygen atoms in total. The molecule has 0 amide bonds. The fourth-order valence-corrected chi connectivity index (χ4v) is 2.97. The van der Waals surface area contributed by atoms with Crippen molar-refractivity contribution in [3.05, 3.63) is 16.6 Å². The van der Waals surface area contributed by atoms with Gasteiger partial charge in [0.25, 0.3) is 0 Å². The molecule has 1 aromatic rings. The Balaban J connectivity index is 1.67. The lowest BCUT2D eigenvalue weighted by atomic mass is 10.0. The summed E-state index contributed by atoms with van der Waals surface area (Å²) >= 11 is 1.67. The average Bonchev–Trinajstić information content (AvgIpc) is 2.72. The number of rotatable bonds is 5. The summed E-state index contributed by atoms with van der Waals surface area (Å²) < 4.78 is 0. The predicted octanol–water partition coefficient (Wildman–Crippen LogP) is 2.54. The molecular weight excluding hydrogens is 230 g/mol. The van der Waals surface area contributed by atoms with Crippen molar-refractivity contribution in [2.75, 3.05) is 6.54 Å². The van der Waals surface area contributed by atoms with Gasteiger partial charge in [-0.05, 0) is 32.7 Å². The summed E-state index contributed by atoms with van der Waals surface area (Å²) in [5, 5.41) is 9.32. The van der Waals surface area contributed by atoms with Gasteiger partial charge < -0.3 is 10.6 Å². The summed E-state index contributed by atoms with van der Waals surface area (Å²) in [6, 6.07) is 1.27. The summed E-state index contributed by atoms with van der Waals surface area (Å²) in [5.74, 6) is 0. The number of hydrogen-bond acceptors (Lipinski definition) is 4. The molecule has 0 radical (unpaired) electrons. The second-order valence-corrected chi connectivity index (χ2v) is 5.72. The van der Waals surface area contributed by atoms with E-state index >= 15 is 0 Å². The second kappa shape index (κ2) is 7.09. The molecule has 0 aliphatic carbocycles. The van der Waals surface area contributed by atoms with Crippen molar-refractivity contribution in [1.82, 2.24) is 15.6 Å². The van der Waals surface area contributed by atoms with Gasteiger partial charge >= 0.3 is 0 Å². The van der Waals surface area contributed by atoms with Gasteiger partial charge in [-0.15, -0.1) is 11.3 Å². The van der Waals surface area contributed by atoms with E-state index in [9.17, 15) is 0 Å². The summed E-state index contributed by atoms with van der Waals surface area (Å²) in [6.45, 7) is 4.37. The molecular formula is C13H23N3S. The highest BCUT2D eigenvalue weighted by Gasteiger charge is 2.14. The molecule has 0 saturated carbocycles. The summed E-state index contributed by atoms with van der Waals surface area (Å²) in [4.78, 5) is 4.29. The minimum atomic E-state index is 0.562. The second-order valence-electron chi connectivity index (χ2n) is 5.00. The molecule has 4 heteroatoms. The van der Waals surface area contributed by atoms with Gasteiger partial charge in [0, 0.05) is 24.0 Å². The van der Waals surface area contributed by atoms with Crippen molar-refractivity contribution >= 4 is 11.3 Å². The third-order valence-electron chi connectivity index (χ3n) is 3.42. The number of aromatic nitrogens is 1. The van der Waals surface area contributed by atoms with Crippen molar-refractivity contribution < 1.29 is 0 Å². The third kappa shape index (κ3) is 4.74. The molecule has 2 rings (SSSR count). The molecule has 1 aliphatic rings. The fourth-order valence-electron chi connectivity index (χ4n) is 2.42. The minimum absolute atomic E-state index is 0.562. The van der Waals surface area contributed by atoms with Gasteiger partial charge in [0.15, 0.2) is 0 Å². The van der Waals surface area contributed by atoms with Crippen LogP contribution in [-0.2, 0) is 6.54 Å². The van der Waals surface area contributed by atoms with E-state index in [1.807, 2.05) is 5.51 Å². The number of thiazole rings is 1. The lowest BCUT2D eigenvalue weighted by molar-refractivity contribution is 0.401. The fraction of sp³-hybridized carbons (Fsp3) is 0.769. The quantitative estimate of drug-likeness (QED) is 0.847. The van der Waals surface area contributed by atoms with Gasteiger partial charge in [-0.2, -0.15) is 0 Å². The maximum Gasteiger partial charge on any atom is 0.0795 e. The maximum absolute atomic E-state index is 4.29. The molecule has 0 spiro atoms. The first-order valence-electron chi connectivity index (χ1n) is 6.68. The van der Waals surface area contributed by atoms with Gasteiger partial charge in [-0.1, -0.05) is 12.8 Å². The van der Waals surface area contributed by atoms with Crippen LogP contribution in [0.15, 0.2) is 10.9 Å². The molecule has 2 N–H and O–H groups in total. The lowest BCUT2D eigenvalue weighted by Crippen LogP contribution is -2.36. The zero-order valence-electron chi connectivity index (χ0n) is 10.6. The number of nitrogens with one attached hydrogen (secondary N) is 2. The summed E-state index contributed by atoms with van der Waals surface area (Å²) in [7, 11) is 0. The van der Waals surface area contributed by atoms with Crippen molar-refractivity contribution in [2.24, 2.45) is 0 Å². The Morgan fingerprint density at radius 2 is 2.47 bits per heavy atom. The highest BCUT2D eigenvalue weighted by Crippen LogP contribution is 2.12. The van der Waals surface area contributed by atoms with Crippen LogP contribution >= 0.6 is 11.3 Å². The normalized spacial score (nSPS) is 23.2. The van der Waals surface area contributed by atoms with Crippen molar-refractivity contribution in [3.63, 3.8) is 0 Å². The van der Waals surface area contributed by atoms with E-state index in [1.54, 1.807) is 11.3 Å². The van der Waals surface area contributed by atoms with E-state index in [1.165, 1.54) is 38.6 Å². The minimum Gasteiger partial charge on any atom is -0.314 e. The predicted molar refractivity (Wildman–Crippen MR) is 73.3 cm³/mol. The first kappa shape index (κ1) is 13.0. The maximum atomic E-state index is 4.29. The van der Waals surface area contributed by atoms with Crippen LogP contribution in [0.2, 0.25) is 0 Å².